The van der Waals surface area contributed by atoms with Crippen LogP contribution in [0.3, 0.4) is 0 Å². The molecule has 1 aliphatic rings. The Bertz CT molecular complexity index is 845. The van der Waals surface area contributed by atoms with Gasteiger partial charge in [0, 0.05) is 30.3 Å². The molecular weight excluding hydrogens is 376 g/mol. The van der Waals surface area contributed by atoms with E-state index in [0.717, 1.165) is 42.7 Å². The molecule has 1 fully saturated rings. The molecule has 2 aromatic carbocycles. The molecule has 148 valence electrons. The molecule has 5 nitrogen and oxygen atoms in total. The molecule has 3 rings (SSSR count). The molecule has 2 aromatic rings. The summed E-state index contributed by atoms with van der Waals surface area (Å²) in [5.41, 5.74) is 3.10. The first kappa shape index (κ1) is 20.2. The zero-order chi connectivity index (χ0) is 20.1. The standard InChI is InChI=1S/C22H25ClN2O3/c1-15(21(26)24-14-16-5-7-17(8-6-16)22(27)28)19-13-18(23)9-10-20(19)25-11-3-2-4-12-25/h5-10,13,15H,2-4,11-12,14H2,1H3,(H,24,26)(H,27,28). The number of nitrogens with zero attached hydrogens (tertiary/aromatic N) is 1. The molecular formula is C22H25ClN2O3. The molecule has 0 radical (unpaired) electrons. The van der Waals surface area contributed by atoms with Gasteiger partial charge >= 0.3 is 5.97 Å². The van der Waals surface area contributed by atoms with Crippen LogP contribution in [-0.2, 0) is 11.3 Å². The summed E-state index contributed by atoms with van der Waals surface area (Å²) in [7, 11) is 0. The average Bonchev–Trinajstić information content (AvgIpc) is 2.72. The number of hydrogen-bond acceptors (Lipinski definition) is 3. The van der Waals surface area contributed by atoms with Gasteiger partial charge in [0.2, 0.25) is 5.91 Å². The number of piperidine rings is 1. The van der Waals surface area contributed by atoms with Crippen LogP contribution in [0.5, 0.6) is 0 Å². The lowest BCUT2D eigenvalue weighted by Crippen LogP contribution is -2.32. The fourth-order valence-corrected chi connectivity index (χ4v) is 3.72. The molecule has 28 heavy (non-hydrogen) atoms. The number of carbonyl (C=O) groups is 2. The number of anilines is 1. The number of aromatic carboxylic acids is 1. The molecule has 6 heteroatoms. The average molecular weight is 401 g/mol. The van der Waals surface area contributed by atoms with E-state index in [4.69, 9.17) is 16.7 Å². The number of halogens is 1. The van der Waals surface area contributed by atoms with Crippen molar-refractivity contribution in [3.05, 3.63) is 64.2 Å². The van der Waals surface area contributed by atoms with Crippen molar-refractivity contribution in [3.63, 3.8) is 0 Å². The Labute approximate surface area is 170 Å². The lowest BCUT2D eigenvalue weighted by molar-refractivity contribution is -0.122. The topological polar surface area (TPSA) is 69.6 Å². The van der Waals surface area contributed by atoms with Crippen molar-refractivity contribution in [1.82, 2.24) is 5.32 Å². The van der Waals surface area contributed by atoms with Gasteiger partial charge in [-0.05, 0) is 67.6 Å². The van der Waals surface area contributed by atoms with Crippen molar-refractivity contribution in [2.45, 2.75) is 38.6 Å². The normalized spacial score (nSPS) is 15.1. The van der Waals surface area contributed by atoms with Crippen LogP contribution in [-0.4, -0.2) is 30.1 Å². The summed E-state index contributed by atoms with van der Waals surface area (Å²) in [4.78, 5) is 26.0. The van der Waals surface area contributed by atoms with Crippen molar-refractivity contribution in [1.29, 1.82) is 0 Å². The molecule has 0 saturated carbocycles. The Balaban J connectivity index is 1.70. The van der Waals surface area contributed by atoms with Gasteiger partial charge in [0.1, 0.15) is 0 Å². The van der Waals surface area contributed by atoms with Crippen LogP contribution < -0.4 is 10.2 Å². The van der Waals surface area contributed by atoms with Gasteiger partial charge in [-0.15, -0.1) is 0 Å². The quantitative estimate of drug-likeness (QED) is 0.751. The van der Waals surface area contributed by atoms with Gasteiger partial charge < -0.3 is 15.3 Å². The van der Waals surface area contributed by atoms with E-state index in [0.29, 0.717) is 11.6 Å². The van der Waals surface area contributed by atoms with E-state index >= 15 is 0 Å². The summed E-state index contributed by atoms with van der Waals surface area (Å²) >= 11 is 6.22. The number of hydrogen-bond donors (Lipinski definition) is 2. The number of carboxylic acid groups (broad SMARTS) is 1. The van der Waals surface area contributed by atoms with E-state index in [2.05, 4.69) is 10.2 Å². The number of carbonyl (C=O) groups excluding carboxylic acids is 1. The highest BCUT2D eigenvalue weighted by Crippen LogP contribution is 2.32. The van der Waals surface area contributed by atoms with Crippen LogP contribution in [0.15, 0.2) is 42.5 Å². The Kier molecular flexibility index (Phi) is 6.57. The van der Waals surface area contributed by atoms with Gasteiger partial charge in [-0.1, -0.05) is 23.7 Å². The van der Waals surface area contributed by atoms with Gasteiger partial charge in [-0.25, -0.2) is 4.79 Å². The van der Waals surface area contributed by atoms with Gasteiger partial charge in [0.25, 0.3) is 0 Å². The van der Waals surface area contributed by atoms with Crippen molar-refractivity contribution < 1.29 is 14.7 Å². The van der Waals surface area contributed by atoms with Crippen LogP contribution in [0.2, 0.25) is 5.02 Å². The van der Waals surface area contributed by atoms with E-state index < -0.39 is 5.97 Å². The van der Waals surface area contributed by atoms with Crippen LogP contribution in [0.4, 0.5) is 5.69 Å². The largest absolute Gasteiger partial charge is 0.478 e. The number of amides is 1. The number of carboxylic acids is 1. The number of nitrogens with one attached hydrogen (secondary N) is 1. The fraction of sp³-hybridized carbons (Fsp3) is 0.364. The zero-order valence-corrected chi connectivity index (χ0v) is 16.7. The van der Waals surface area contributed by atoms with Crippen molar-refractivity contribution in [2.75, 3.05) is 18.0 Å². The highest BCUT2D eigenvalue weighted by atomic mass is 35.5. The smallest absolute Gasteiger partial charge is 0.335 e. The third-order valence-corrected chi connectivity index (χ3v) is 5.45. The molecule has 0 bridgehead atoms. The summed E-state index contributed by atoms with van der Waals surface area (Å²) in [6, 6.07) is 12.3. The summed E-state index contributed by atoms with van der Waals surface area (Å²) in [6.07, 6.45) is 3.57. The van der Waals surface area contributed by atoms with Gasteiger partial charge in [-0.3, -0.25) is 4.79 Å². The first-order valence-corrected chi connectivity index (χ1v) is 9.98. The van der Waals surface area contributed by atoms with Crippen LogP contribution in [0.1, 0.15) is 53.6 Å². The Morgan fingerprint density at radius 2 is 1.79 bits per heavy atom. The molecule has 1 aliphatic heterocycles. The summed E-state index contributed by atoms with van der Waals surface area (Å²) in [6.45, 7) is 4.24. The number of benzene rings is 2. The molecule has 2 N–H and O–H groups in total. The highest BCUT2D eigenvalue weighted by molar-refractivity contribution is 6.30. The molecule has 1 atom stereocenters. The van der Waals surface area contributed by atoms with E-state index in [1.807, 2.05) is 25.1 Å². The van der Waals surface area contributed by atoms with Gasteiger partial charge in [0.05, 0.1) is 11.5 Å². The first-order chi connectivity index (χ1) is 13.5. The van der Waals surface area contributed by atoms with E-state index in [1.54, 1.807) is 24.3 Å². The second kappa shape index (κ2) is 9.11. The summed E-state index contributed by atoms with van der Waals surface area (Å²) in [5.74, 6) is -1.38. The van der Waals surface area contributed by atoms with Crippen molar-refractivity contribution in [3.8, 4) is 0 Å². The van der Waals surface area contributed by atoms with E-state index in [1.165, 1.54) is 6.42 Å². The highest BCUT2D eigenvalue weighted by Gasteiger charge is 2.22. The SMILES string of the molecule is CC(C(=O)NCc1ccc(C(=O)O)cc1)c1cc(Cl)ccc1N1CCCCC1. The minimum absolute atomic E-state index is 0.0807. The second-order valence-corrected chi connectivity index (χ2v) is 7.63. The maximum Gasteiger partial charge on any atom is 0.335 e. The molecule has 1 heterocycles. The molecule has 1 amide bonds. The van der Waals surface area contributed by atoms with Crippen molar-refractivity contribution >= 4 is 29.2 Å². The number of rotatable bonds is 6. The van der Waals surface area contributed by atoms with Gasteiger partial charge in [0.15, 0.2) is 0 Å². The van der Waals surface area contributed by atoms with Crippen LogP contribution >= 0.6 is 11.6 Å². The summed E-state index contributed by atoms with van der Waals surface area (Å²) < 4.78 is 0. The zero-order valence-electron chi connectivity index (χ0n) is 16.0. The lowest BCUT2D eigenvalue weighted by Gasteiger charge is -2.32. The third kappa shape index (κ3) is 4.84. The minimum atomic E-state index is -0.963. The summed E-state index contributed by atoms with van der Waals surface area (Å²) in [5, 5.41) is 12.5. The van der Waals surface area contributed by atoms with Gasteiger partial charge in [-0.2, -0.15) is 0 Å². The predicted octanol–water partition coefficient (Wildman–Crippen LogP) is 4.45. The molecule has 0 spiro atoms. The Morgan fingerprint density at radius 1 is 1.11 bits per heavy atom. The second-order valence-electron chi connectivity index (χ2n) is 7.19. The van der Waals surface area contributed by atoms with Crippen LogP contribution in [0.25, 0.3) is 0 Å². The fourth-order valence-electron chi connectivity index (χ4n) is 3.54. The molecule has 0 aliphatic carbocycles. The Morgan fingerprint density at radius 3 is 2.43 bits per heavy atom. The molecule has 0 aromatic heterocycles. The maximum absolute atomic E-state index is 12.8. The van der Waals surface area contributed by atoms with Crippen molar-refractivity contribution in [2.24, 2.45) is 0 Å². The molecule has 1 saturated heterocycles. The third-order valence-electron chi connectivity index (χ3n) is 5.21. The van der Waals surface area contributed by atoms with Crippen LogP contribution in [0, 0.1) is 0 Å². The van der Waals surface area contributed by atoms with E-state index in [-0.39, 0.29) is 17.4 Å². The monoisotopic (exact) mass is 400 g/mol. The molecule has 1 unspecified atom stereocenters. The first-order valence-electron chi connectivity index (χ1n) is 9.60. The Hall–Kier alpha value is -2.53. The lowest BCUT2D eigenvalue weighted by atomic mass is 9.96. The predicted molar refractivity (Wildman–Crippen MR) is 111 cm³/mol. The van der Waals surface area contributed by atoms with E-state index in [9.17, 15) is 9.59 Å². The minimum Gasteiger partial charge on any atom is -0.478 e. The maximum atomic E-state index is 12.8.